The van der Waals surface area contributed by atoms with Gasteiger partial charge in [-0.05, 0) is 12.3 Å². The number of carbonyl (C=O) groups is 2. The zero-order valence-electron chi connectivity index (χ0n) is 9.01. The van der Waals surface area contributed by atoms with E-state index in [9.17, 15) is 9.59 Å². The second-order valence-electron chi connectivity index (χ2n) is 4.03. The van der Waals surface area contributed by atoms with Gasteiger partial charge in [0, 0.05) is 0 Å². The highest BCUT2D eigenvalue weighted by Gasteiger charge is 2.31. The topological polar surface area (TPSA) is 79.2 Å². The van der Waals surface area contributed by atoms with E-state index in [0.717, 1.165) is 0 Å². The maximum absolute atomic E-state index is 11.0. The standard InChI is InChI=1S/C9H17N2O3/c1-5-14-8(13)11-6(7(10)12)9(2,3)4/h6,10H,5H2,1-4H3,(H,11,13). The lowest BCUT2D eigenvalue weighted by Crippen LogP contribution is -2.49. The molecule has 81 valence electrons. The van der Waals surface area contributed by atoms with Crippen LogP contribution in [-0.4, -0.2) is 24.6 Å². The molecular formula is C9H17N2O3. The van der Waals surface area contributed by atoms with Crippen LogP contribution in [0, 0.1) is 5.41 Å². The van der Waals surface area contributed by atoms with Crippen LogP contribution < -0.4 is 11.1 Å². The first-order valence-corrected chi connectivity index (χ1v) is 4.47. The summed E-state index contributed by atoms with van der Waals surface area (Å²) < 4.78 is 4.63. The highest BCUT2D eigenvalue weighted by Crippen LogP contribution is 2.19. The Labute approximate surface area is 84.0 Å². The van der Waals surface area contributed by atoms with Gasteiger partial charge in [0.15, 0.2) is 0 Å². The summed E-state index contributed by atoms with van der Waals surface area (Å²) >= 11 is 0. The van der Waals surface area contributed by atoms with E-state index < -0.39 is 23.5 Å². The molecule has 5 heteroatoms. The second kappa shape index (κ2) is 4.83. The van der Waals surface area contributed by atoms with Crippen molar-refractivity contribution < 1.29 is 14.3 Å². The summed E-state index contributed by atoms with van der Waals surface area (Å²) in [6.07, 6.45) is -0.659. The minimum atomic E-state index is -0.832. The molecule has 0 aliphatic rings. The first-order valence-electron chi connectivity index (χ1n) is 4.47. The third kappa shape index (κ3) is 4.11. The maximum atomic E-state index is 11.0. The van der Waals surface area contributed by atoms with Gasteiger partial charge in [-0.3, -0.25) is 10.5 Å². The zero-order chi connectivity index (χ0) is 11.4. The second-order valence-corrected chi connectivity index (χ2v) is 4.03. The molecule has 0 aliphatic heterocycles. The maximum Gasteiger partial charge on any atom is 0.407 e. The molecule has 0 fully saturated rings. The van der Waals surface area contributed by atoms with Gasteiger partial charge in [-0.15, -0.1) is 0 Å². The fourth-order valence-electron chi connectivity index (χ4n) is 0.966. The van der Waals surface area contributed by atoms with Gasteiger partial charge in [-0.1, -0.05) is 20.8 Å². The number of carbonyl (C=O) groups excluding carboxylic acids is 2. The van der Waals surface area contributed by atoms with Crippen LogP contribution in [0.3, 0.4) is 0 Å². The van der Waals surface area contributed by atoms with E-state index in [0.29, 0.717) is 0 Å². The average Bonchev–Trinajstić information content (AvgIpc) is 1.98. The first-order chi connectivity index (χ1) is 6.29. The molecule has 0 rings (SSSR count). The Kier molecular flexibility index (Phi) is 4.40. The van der Waals surface area contributed by atoms with Crippen molar-refractivity contribution in [3.63, 3.8) is 0 Å². The molecular weight excluding hydrogens is 184 g/mol. The van der Waals surface area contributed by atoms with Crippen molar-refractivity contribution in [3.8, 4) is 0 Å². The molecule has 5 nitrogen and oxygen atoms in total. The first kappa shape index (κ1) is 12.7. The van der Waals surface area contributed by atoms with E-state index >= 15 is 0 Å². The monoisotopic (exact) mass is 201 g/mol. The van der Waals surface area contributed by atoms with Crippen LogP contribution in [0.25, 0.3) is 0 Å². The van der Waals surface area contributed by atoms with E-state index in [1.165, 1.54) is 0 Å². The molecule has 1 radical (unpaired) electrons. The van der Waals surface area contributed by atoms with Crippen LogP contribution in [0.15, 0.2) is 0 Å². The Hall–Kier alpha value is -1.26. The average molecular weight is 201 g/mol. The minimum absolute atomic E-state index is 0.245. The summed E-state index contributed by atoms with van der Waals surface area (Å²) in [6.45, 7) is 7.24. The van der Waals surface area contributed by atoms with Crippen LogP contribution in [0.4, 0.5) is 4.79 Å². The van der Waals surface area contributed by atoms with Gasteiger partial charge < -0.3 is 10.1 Å². The Morgan fingerprint density at radius 1 is 1.43 bits per heavy atom. The van der Waals surface area contributed by atoms with Gasteiger partial charge in [-0.2, -0.15) is 0 Å². The lowest BCUT2D eigenvalue weighted by atomic mass is 9.86. The SMILES string of the molecule is CCOC(=O)NC(C([NH])=O)C(C)(C)C. The van der Waals surface area contributed by atoms with Crippen LogP contribution in [0.1, 0.15) is 27.7 Å². The largest absolute Gasteiger partial charge is 0.450 e. The normalized spacial score (nSPS) is 13.1. The number of amides is 2. The Balaban J connectivity index is 4.40. The summed E-state index contributed by atoms with van der Waals surface area (Å²) in [4.78, 5) is 22.0. The molecule has 0 bridgehead atoms. The summed E-state index contributed by atoms with van der Waals surface area (Å²) in [5.74, 6) is -0.814. The molecule has 2 N–H and O–H groups in total. The molecule has 0 aromatic heterocycles. The van der Waals surface area contributed by atoms with E-state index in [4.69, 9.17) is 5.73 Å². The fraction of sp³-hybridized carbons (Fsp3) is 0.778. The molecule has 1 unspecified atom stereocenters. The molecule has 0 spiro atoms. The van der Waals surface area contributed by atoms with Crippen LogP contribution in [0.5, 0.6) is 0 Å². The number of alkyl carbamates (subject to hydrolysis) is 1. The molecule has 1 atom stereocenters. The summed E-state index contributed by atoms with van der Waals surface area (Å²) in [5, 5.41) is 2.36. The third-order valence-corrected chi connectivity index (χ3v) is 1.67. The quantitative estimate of drug-likeness (QED) is 0.738. The predicted molar refractivity (Wildman–Crippen MR) is 51.5 cm³/mol. The van der Waals surface area contributed by atoms with Gasteiger partial charge in [0.05, 0.1) is 6.61 Å². The van der Waals surface area contributed by atoms with E-state index in [1.54, 1.807) is 27.7 Å². The molecule has 0 saturated carbocycles. The van der Waals surface area contributed by atoms with Crippen molar-refractivity contribution in [2.75, 3.05) is 6.61 Å². The van der Waals surface area contributed by atoms with Crippen molar-refractivity contribution in [2.45, 2.75) is 33.7 Å². The number of nitrogens with one attached hydrogen (secondary N) is 2. The van der Waals surface area contributed by atoms with Gasteiger partial charge in [0.2, 0.25) is 0 Å². The number of hydrogen-bond acceptors (Lipinski definition) is 3. The van der Waals surface area contributed by atoms with Gasteiger partial charge >= 0.3 is 6.09 Å². The molecule has 2 amide bonds. The highest BCUT2D eigenvalue weighted by molar-refractivity contribution is 5.84. The van der Waals surface area contributed by atoms with Crippen LogP contribution in [0.2, 0.25) is 0 Å². The molecule has 0 aromatic rings. The highest BCUT2D eigenvalue weighted by atomic mass is 16.5. The van der Waals surface area contributed by atoms with Crippen molar-refractivity contribution in [1.82, 2.24) is 11.1 Å². The van der Waals surface area contributed by atoms with Crippen molar-refractivity contribution in [2.24, 2.45) is 5.41 Å². The molecule has 0 aromatic carbocycles. The number of rotatable bonds is 3. The fourth-order valence-corrected chi connectivity index (χ4v) is 0.966. The van der Waals surface area contributed by atoms with Crippen LogP contribution >= 0.6 is 0 Å². The van der Waals surface area contributed by atoms with E-state index in [1.807, 2.05) is 0 Å². The summed E-state index contributed by atoms with van der Waals surface area (Å²) in [7, 11) is 0. The van der Waals surface area contributed by atoms with Crippen molar-refractivity contribution in [3.05, 3.63) is 0 Å². The molecule has 0 saturated heterocycles. The molecule has 0 aliphatic carbocycles. The minimum Gasteiger partial charge on any atom is -0.450 e. The van der Waals surface area contributed by atoms with Gasteiger partial charge in [0.25, 0.3) is 5.91 Å². The van der Waals surface area contributed by atoms with Crippen molar-refractivity contribution in [1.29, 1.82) is 0 Å². The van der Waals surface area contributed by atoms with Crippen molar-refractivity contribution >= 4 is 12.0 Å². The number of ether oxygens (including phenoxy) is 1. The van der Waals surface area contributed by atoms with E-state index in [2.05, 4.69) is 10.1 Å². The van der Waals surface area contributed by atoms with Gasteiger partial charge in [0.1, 0.15) is 6.04 Å². The third-order valence-electron chi connectivity index (χ3n) is 1.67. The smallest absolute Gasteiger partial charge is 0.407 e. The molecule has 0 heterocycles. The summed E-state index contributed by atoms with van der Waals surface area (Å²) in [5.41, 5.74) is 6.53. The Morgan fingerprint density at radius 2 is 1.93 bits per heavy atom. The predicted octanol–water partition coefficient (Wildman–Crippen LogP) is 0.957. The Morgan fingerprint density at radius 3 is 2.21 bits per heavy atom. The zero-order valence-corrected chi connectivity index (χ0v) is 9.01. The lowest BCUT2D eigenvalue weighted by Gasteiger charge is -2.27. The van der Waals surface area contributed by atoms with E-state index in [-0.39, 0.29) is 6.61 Å². The summed E-state index contributed by atoms with van der Waals surface area (Å²) in [6, 6.07) is -0.832. The van der Waals surface area contributed by atoms with Gasteiger partial charge in [-0.25, -0.2) is 4.79 Å². The van der Waals surface area contributed by atoms with Crippen LogP contribution in [-0.2, 0) is 9.53 Å². The lowest BCUT2D eigenvalue weighted by molar-refractivity contribution is -0.122. The number of hydrogen-bond donors (Lipinski definition) is 1. The molecule has 14 heavy (non-hydrogen) atoms. The Bertz CT molecular complexity index is 221.